The maximum Gasteiger partial charge on any atom is 0.180 e. The van der Waals surface area contributed by atoms with E-state index in [9.17, 15) is 4.79 Å². The number of aromatic nitrogens is 1. The van der Waals surface area contributed by atoms with Crippen molar-refractivity contribution >= 4 is 22.3 Å². The van der Waals surface area contributed by atoms with E-state index in [2.05, 4.69) is 4.98 Å². The molecule has 0 radical (unpaired) electrons. The van der Waals surface area contributed by atoms with Crippen LogP contribution in [0.3, 0.4) is 0 Å². The fourth-order valence-corrected chi connectivity index (χ4v) is 2.64. The van der Waals surface area contributed by atoms with Crippen LogP contribution in [-0.4, -0.2) is 17.3 Å². The summed E-state index contributed by atoms with van der Waals surface area (Å²) >= 11 is 1.66. The summed E-state index contributed by atoms with van der Waals surface area (Å²) in [4.78, 5) is 15.8. The molecule has 1 aliphatic rings. The maximum atomic E-state index is 10.1. The number of carbonyl (C=O) groups excluding carboxylic acids is 1. The fourth-order valence-electron chi connectivity index (χ4n) is 1.72. The summed E-state index contributed by atoms with van der Waals surface area (Å²) in [6, 6.07) is 0. The first-order valence-electron chi connectivity index (χ1n) is 6.07. The van der Waals surface area contributed by atoms with Crippen LogP contribution in [0.25, 0.3) is 0 Å². The zero-order valence-corrected chi connectivity index (χ0v) is 11.2. The van der Waals surface area contributed by atoms with Crippen molar-refractivity contribution in [3.05, 3.63) is 10.6 Å². The van der Waals surface area contributed by atoms with E-state index in [1.807, 2.05) is 0 Å². The summed E-state index contributed by atoms with van der Waals surface area (Å²) in [5, 5.41) is 0.743. The standard InChI is InChI=1S/C7H10N2S.C5H11NO/c8-7-9-5-3-1-2-4-6(5)10-7;1-5(7)3-2-4-6/h1-4H2,(H2,8,9);2-4,6H2,1H3. The minimum absolute atomic E-state index is 0.227. The Hall–Kier alpha value is -0.940. The van der Waals surface area contributed by atoms with Gasteiger partial charge in [0, 0.05) is 11.3 Å². The zero-order valence-electron chi connectivity index (χ0n) is 10.4. The molecule has 0 aromatic carbocycles. The smallest absolute Gasteiger partial charge is 0.180 e. The van der Waals surface area contributed by atoms with Crippen LogP contribution in [0, 0.1) is 0 Å². The van der Waals surface area contributed by atoms with Gasteiger partial charge >= 0.3 is 0 Å². The van der Waals surface area contributed by atoms with E-state index < -0.39 is 0 Å². The topological polar surface area (TPSA) is 82.0 Å². The van der Waals surface area contributed by atoms with Crippen molar-refractivity contribution in [3.63, 3.8) is 0 Å². The van der Waals surface area contributed by atoms with Gasteiger partial charge < -0.3 is 16.3 Å². The molecule has 0 saturated heterocycles. The minimum atomic E-state index is 0.227. The van der Waals surface area contributed by atoms with E-state index in [1.165, 1.54) is 29.8 Å². The molecule has 96 valence electrons. The Morgan fingerprint density at radius 3 is 2.65 bits per heavy atom. The molecule has 1 aromatic heterocycles. The lowest BCUT2D eigenvalue weighted by Gasteiger charge is -2.06. The lowest BCUT2D eigenvalue weighted by Crippen LogP contribution is -2.00. The second kappa shape index (κ2) is 7.40. The average molecular weight is 255 g/mol. The molecule has 1 aromatic rings. The summed E-state index contributed by atoms with van der Waals surface area (Å²) in [5.74, 6) is 0.227. The molecule has 0 unspecified atom stereocenters. The third-order valence-electron chi connectivity index (χ3n) is 2.60. The lowest BCUT2D eigenvalue weighted by molar-refractivity contribution is -0.117. The second-order valence-electron chi connectivity index (χ2n) is 4.22. The Balaban J connectivity index is 0.000000185. The highest BCUT2D eigenvalue weighted by Gasteiger charge is 2.12. The van der Waals surface area contributed by atoms with Crippen molar-refractivity contribution in [2.24, 2.45) is 5.73 Å². The van der Waals surface area contributed by atoms with Crippen LogP contribution in [0.4, 0.5) is 5.13 Å². The van der Waals surface area contributed by atoms with Gasteiger partial charge in [0.15, 0.2) is 5.13 Å². The quantitative estimate of drug-likeness (QED) is 0.864. The first-order chi connectivity index (χ1) is 8.13. The van der Waals surface area contributed by atoms with Crippen LogP contribution >= 0.6 is 11.3 Å². The number of fused-ring (bicyclic) bond motifs is 1. The summed E-state index contributed by atoms with van der Waals surface area (Å²) in [7, 11) is 0. The number of hydrogen-bond donors (Lipinski definition) is 2. The van der Waals surface area contributed by atoms with E-state index in [1.54, 1.807) is 18.3 Å². The van der Waals surface area contributed by atoms with Gasteiger partial charge in [-0.2, -0.15) is 0 Å². The van der Waals surface area contributed by atoms with Gasteiger partial charge in [0.25, 0.3) is 0 Å². The average Bonchev–Trinajstić information content (AvgIpc) is 2.67. The molecule has 17 heavy (non-hydrogen) atoms. The Morgan fingerprint density at radius 1 is 1.41 bits per heavy atom. The largest absolute Gasteiger partial charge is 0.375 e. The number of nitrogens with zero attached hydrogens (tertiary/aromatic N) is 1. The molecule has 1 heterocycles. The third-order valence-corrected chi connectivity index (χ3v) is 3.58. The van der Waals surface area contributed by atoms with Crippen molar-refractivity contribution in [1.82, 2.24) is 4.98 Å². The number of hydrogen-bond acceptors (Lipinski definition) is 5. The molecule has 5 heteroatoms. The van der Waals surface area contributed by atoms with E-state index in [0.29, 0.717) is 13.0 Å². The molecular weight excluding hydrogens is 234 g/mol. The monoisotopic (exact) mass is 255 g/mol. The van der Waals surface area contributed by atoms with E-state index >= 15 is 0 Å². The summed E-state index contributed by atoms with van der Waals surface area (Å²) in [5.41, 5.74) is 11.9. The summed E-state index contributed by atoms with van der Waals surface area (Å²) in [6.45, 7) is 2.20. The minimum Gasteiger partial charge on any atom is -0.375 e. The van der Waals surface area contributed by atoms with Crippen LogP contribution in [0.1, 0.15) is 43.2 Å². The first-order valence-corrected chi connectivity index (χ1v) is 6.88. The van der Waals surface area contributed by atoms with Gasteiger partial charge in [-0.1, -0.05) is 0 Å². The molecule has 0 bridgehead atoms. The number of thiazole rings is 1. The molecule has 0 atom stereocenters. The molecule has 0 saturated carbocycles. The number of rotatable bonds is 3. The third kappa shape index (κ3) is 5.28. The van der Waals surface area contributed by atoms with Crippen molar-refractivity contribution in [2.75, 3.05) is 12.3 Å². The summed E-state index contributed by atoms with van der Waals surface area (Å²) < 4.78 is 0. The molecule has 0 aliphatic heterocycles. The first kappa shape index (κ1) is 14.1. The highest BCUT2D eigenvalue weighted by molar-refractivity contribution is 7.15. The Labute approximate surface area is 106 Å². The van der Waals surface area contributed by atoms with E-state index in [0.717, 1.165) is 18.0 Å². The van der Waals surface area contributed by atoms with Crippen LogP contribution in [0.2, 0.25) is 0 Å². The molecule has 2 rings (SSSR count). The van der Waals surface area contributed by atoms with Gasteiger partial charge in [-0.05, 0) is 45.6 Å². The van der Waals surface area contributed by atoms with Crippen molar-refractivity contribution in [3.8, 4) is 0 Å². The van der Waals surface area contributed by atoms with Gasteiger partial charge in [0.2, 0.25) is 0 Å². The SMILES string of the molecule is CC(=O)CCCN.Nc1nc2c(s1)CCCC2. The van der Waals surface area contributed by atoms with Gasteiger partial charge in [-0.15, -0.1) is 11.3 Å². The number of Topliss-reactive ketones (excluding diaryl/α,β-unsaturated/α-hetero) is 1. The van der Waals surface area contributed by atoms with Crippen molar-refractivity contribution in [1.29, 1.82) is 0 Å². The highest BCUT2D eigenvalue weighted by Crippen LogP contribution is 2.27. The number of anilines is 1. The summed E-state index contributed by atoms with van der Waals surface area (Å²) in [6.07, 6.45) is 6.41. The normalized spacial score (nSPS) is 13.5. The number of aryl methyl sites for hydroxylation is 2. The maximum absolute atomic E-state index is 10.1. The van der Waals surface area contributed by atoms with Crippen molar-refractivity contribution < 1.29 is 4.79 Å². The number of carbonyl (C=O) groups is 1. The molecule has 0 fully saturated rings. The predicted molar refractivity (Wildman–Crippen MR) is 72.1 cm³/mol. The van der Waals surface area contributed by atoms with Crippen LogP contribution in [0.5, 0.6) is 0 Å². The predicted octanol–water partition coefficient (Wildman–Crippen LogP) is 1.92. The van der Waals surface area contributed by atoms with E-state index in [4.69, 9.17) is 11.5 Å². The molecule has 0 spiro atoms. The zero-order chi connectivity index (χ0) is 12.7. The van der Waals surface area contributed by atoms with Crippen LogP contribution in [-0.2, 0) is 17.6 Å². The fraction of sp³-hybridized carbons (Fsp3) is 0.667. The van der Waals surface area contributed by atoms with Crippen LogP contribution in [0.15, 0.2) is 0 Å². The van der Waals surface area contributed by atoms with E-state index in [-0.39, 0.29) is 5.78 Å². The number of nitrogen functional groups attached to an aromatic ring is 1. The Kier molecular flexibility index (Phi) is 6.15. The van der Waals surface area contributed by atoms with Gasteiger partial charge in [-0.3, -0.25) is 0 Å². The number of nitrogens with two attached hydrogens (primary N) is 2. The molecular formula is C12H21N3OS. The van der Waals surface area contributed by atoms with Crippen LogP contribution < -0.4 is 11.5 Å². The molecule has 4 nitrogen and oxygen atoms in total. The molecule has 4 N–H and O–H groups in total. The molecule has 0 amide bonds. The van der Waals surface area contributed by atoms with Gasteiger partial charge in [0.1, 0.15) is 5.78 Å². The number of ketones is 1. The lowest BCUT2D eigenvalue weighted by atomic mass is 10.0. The van der Waals surface area contributed by atoms with Gasteiger partial charge in [-0.25, -0.2) is 4.98 Å². The van der Waals surface area contributed by atoms with Crippen molar-refractivity contribution in [2.45, 2.75) is 45.4 Å². The second-order valence-corrected chi connectivity index (χ2v) is 5.34. The Morgan fingerprint density at radius 2 is 2.12 bits per heavy atom. The Bertz CT molecular complexity index is 339. The van der Waals surface area contributed by atoms with Gasteiger partial charge in [0.05, 0.1) is 5.69 Å². The molecule has 1 aliphatic carbocycles. The highest BCUT2D eigenvalue weighted by atomic mass is 32.1.